The van der Waals surface area contributed by atoms with Gasteiger partial charge in [-0.2, -0.15) is 0 Å². The average Bonchev–Trinajstić information content (AvgIpc) is 2.88. The lowest BCUT2D eigenvalue weighted by atomic mass is 10.2. The van der Waals surface area contributed by atoms with Gasteiger partial charge in [-0.25, -0.2) is 4.98 Å². The molecular weight excluding hydrogens is 272 g/mol. The Morgan fingerprint density at radius 1 is 1.25 bits per heavy atom. The number of rotatable bonds is 4. The summed E-state index contributed by atoms with van der Waals surface area (Å²) in [7, 11) is 0. The molecule has 0 radical (unpaired) electrons. The molecule has 5 heteroatoms. The number of nitrogens with one attached hydrogen (secondary N) is 1. The van der Waals surface area contributed by atoms with Crippen LogP contribution in [0.5, 0.6) is 0 Å². The number of aromatic nitrogens is 1. The van der Waals surface area contributed by atoms with Gasteiger partial charge in [0, 0.05) is 16.9 Å². The first-order valence-electron chi connectivity index (χ1n) is 6.57. The molecule has 0 aliphatic rings. The Bertz CT molecular complexity index is 549. The highest BCUT2D eigenvalue weighted by molar-refractivity contribution is 7.90. The van der Waals surface area contributed by atoms with E-state index in [0.29, 0.717) is 11.7 Å². The van der Waals surface area contributed by atoms with Crippen LogP contribution in [0.1, 0.15) is 39.5 Å². The first-order chi connectivity index (χ1) is 9.38. The number of benzene rings is 1. The minimum absolute atomic E-state index is 0.153. The zero-order chi connectivity index (χ0) is 14.8. The molecule has 0 aliphatic heterocycles. The fraction of sp³-hybridized carbons (Fsp3) is 0.400. The van der Waals surface area contributed by atoms with Crippen LogP contribution < -0.4 is 4.72 Å². The summed E-state index contributed by atoms with van der Waals surface area (Å²) in [6, 6.07) is 9.57. The van der Waals surface area contributed by atoms with Crippen LogP contribution in [0.15, 0.2) is 40.9 Å². The fourth-order valence-corrected chi connectivity index (χ4v) is 2.39. The Balaban J connectivity index is 2.09. The molecule has 0 saturated carbocycles. The van der Waals surface area contributed by atoms with Gasteiger partial charge in [0.2, 0.25) is 5.89 Å². The van der Waals surface area contributed by atoms with Gasteiger partial charge in [0.1, 0.15) is 16.5 Å². The summed E-state index contributed by atoms with van der Waals surface area (Å²) in [6.45, 7) is 7.70. The summed E-state index contributed by atoms with van der Waals surface area (Å²) in [6.07, 6.45) is 1.68. The average molecular weight is 292 g/mol. The van der Waals surface area contributed by atoms with Crippen molar-refractivity contribution in [3.8, 4) is 11.5 Å². The molecule has 2 atom stereocenters. The van der Waals surface area contributed by atoms with E-state index in [1.165, 1.54) is 0 Å². The third-order valence-corrected chi connectivity index (χ3v) is 4.49. The summed E-state index contributed by atoms with van der Waals surface area (Å²) >= 11 is -1.14. The molecule has 0 fully saturated rings. The minimum atomic E-state index is -1.14. The van der Waals surface area contributed by atoms with Gasteiger partial charge < -0.3 is 8.97 Å². The standard InChI is InChI=1S/C15H20N2O2S/c1-11(17-20(18)15(2,3)4)13-10-16-14(19-13)12-8-6-5-7-9-12/h5-11,17H,1-4H3/t11-,20?/m1/s1. The SMILES string of the molecule is C[C@@H](N[S+]([O-])C(C)(C)C)c1cnc(-c2ccccc2)o1. The topological polar surface area (TPSA) is 61.1 Å². The van der Waals surface area contributed by atoms with E-state index in [-0.39, 0.29) is 10.8 Å². The maximum atomic E-state index is 12.1. The first-order valence-corrected chi connectivity index (χ1v) is 7.72. The van der Waals surface area contributed by atoms with Gasteiger partial charge in [-0.05, 0) is 39.8 Å². The Morgan fingerprint density at radius 2 is 1.90 bits per heavy atom. The largest absolute Gasteiger partial charge is 0.598 e. The normalized spacial score (nSPS) is 15.1. The maximum Gasteiger partial charge on any atom is 0.226 e. The molecule has 1 unspecified atom stereocenters. The van der Waals surface area contributed by atoms with Crippen LogP contribution in [0.25, 0.3) is 11.5 Å². The predicted octanol–water partition coefficient (Wildman–Crippen LogP) is 3.45. The highest BCUT2D eigenvalue weighted by Gasteiger charge is 2.29. The molecule has 0 saturated heterocycles. The second-order valence-electron chi connectivity index (χ2n) is 5.65. The van der Waals surface area contributed by atoms with Crippen molar-refractivity contribution < 1.29 is 8.97 Å². The van der Waals surface area contributed by atoms with E-state index in [0.717, 1.165) is 5.56 Å². The molecule has 108 valence electrons. The summed E-state index contributed by atoms with van der Waals surface area (Å²) in [5.74, 6) is 1.26. The van der Waals surface area contributed by atoms with Crippen molar-refractivity contribution in [2.75, 3.05) is 0 Å². The summed E-state index contributed by atoms with van der Waals surface area (Å²) < 4.78 is 20.5. The highest BCUT2D eigenvalue weighted by Crippen LogP contribution is 2.24. The number of hydrogen-bond donors (Lipinski definition) is 1. The lowest BCUT2D eigenvalue weighted by Crippen LogP contribution is -2.40. The molecule has 0 spiro atoms. The van der Waals surface area contributed by atoms with Gasteiger partial charge >= 0.3 is 0 Å². The summed E-state index contributed by atoms with van der Waals surface area (Å²) in [5.41, 5.74) is 0.933. The van der Waals surface area contributed by atoms with Crippen molar-refractivity contribution in [2.45, 2.75) is 38.5 Å². The lowest BCUT2D eigenvalue weighted by Gasteiger charge is -2.25. The van der Waals surface area contributed by atoms with E-state index in [1.54, 1.807) is 6.20 Å². The van der Waals surface area contributed by atoms with Crippen molar-refractivity contribution in [1.29, 1.82) is 0 Å². The predicted molar refractivity (Wildman–Crippen MR) is 81.4 cm³/mol. The zero-order valence-electron chi connectivity index (χ0n) is 12.2. The van der Waals surface area contributed by atoms with Gasteiger partial charge in [-0.1, -0.05) is 18.2 Å². The van der Waals surface area contributed by atoms with Crippen LogP contribution in [0, 0.1) is 0 Å². The molecule has 0 aliphatic carbocycles. The van der Waals surface area contributed by atoms with E-state index >= 15 is 0 Å². The van der Waals surface area contributed by atoms with E-state index in [1.807, 2.05) is 58.0 Å². The third-order valence-electron chi connectivity index (χ3n) is 2.81. The molecule has 2 rings (SSSR count). The van der Waals surface area contributed by atoms with Gasteiger partial charge in [0.25, 0.3) is 0 Å². The Morgan fingerprint density at radius 3 is 2.50 bits per heavy atom. The van der Waals surface area contributed by atoms with Crippen LogP contribution in [0.2, 0.25) is 0 Å². The van der Waals surface area contributed by atoms with E-state index < -0.39 is 11.4 Å². The molecule has 1 N–H and O–H groups in total. The third kappa shape index (κ3) is 3.62. The smallest absolute Gasteiger partial charge is 0.226 e. The minimum Gasteiger partial charge on any atom is -0.598 e. The quantitative estimate of drug-likeness (QED) is 0.877. The van der Waals surface area contributed by atoms with Crippen LogP contribution in [0.3, 0.4) is 0 Å². The van der Waals surface area contributed by atoms with Gasteiger partial charge in [-0.15, -0.1) is 4.72 Å². The van der Waals surface area contributed by atoms with Crippen LogP contribution in [-0.2, 0) is 11.4 Å². The summed E-state index contributed by atoms with van der Waals surface area (Å²) in [5, 5.41) is 0. The van der Waals surface area contributed by atoms with Crippen LogP contribution in [0.4, 0.5) is 0 Å². The molecule has 1 heterocycles. The van der Waals surface area contributed by atoms with Gasteiger partial charge in [-0.3, -0.25) is 0 Å². The van der Waals surface area contributed by atoms with Gasteiger partial charge in [0.15, 0.2) is 0 Å². The van der Waals surface area contributed by atoms with Crippen molar-refractivity contribution in [1.82, 2.24) is 9.71 Å². The van der Waals surface area contributed by atoms with Gasteiger partial charge in [0.05, 0.1) is 6.20 Å². The number of hydrogen-bond acceptors (Lipinski definition) is 4. The molecule has 1 aromatic heterocycles. The summed E-state index contributed by atoms with van der Waals surface area (Å²) in [4.78, 5) is 4.27. The Hall–Kier alpha value is -1.30. The van der Waals surface area contributed by atoms with E-state index in [4.69, 9.17) is 4.42 Å². The molecule has 1 aromatic carbocycles. The Kier molecular flexibility index (Phi) is 4.52. The molecular formula is C15H20N2O2S. The first kappa shape index (κ1) is 15.1. The second-order valence-corrected chi connectivity index (χ2v) is 7.65. The number of nitrogens with zero attached hydrogens (tertiary/aromatic N) is 1. The monoisotopic (exact) mass is 292 g/mol. The van der Waals surface area contributed by atoms with Crippen LogP contribution in [-0.4, -0.2) is 14.3 Å². The van der Waals surface area contributed by atoms with Crippen molar-refractivity contribution in [3.63, 3.8) is 0 Å². The van der Waals surface area contributed by atoms with Crippen molar-refractivity contribution in [2.24, 2.45) is 0 Å². The highest BCUT2D eigenvalue weighted by atomic mass is 32.2. The number of oxazole rings is 1. The molecule has 0 bridgehead atoms. The van der Waals surface area contributed by atoms with Crippen molar-refractivity contribution >= 4 is 11.4 Å². The zero-order valence-corrected chi connectivity index (χ0v) is 13.0. The van der Waals surface area contributed by atoms with Crippen molar-refractivity contribution in [3.05, 3.63) is 42.3 Å². The van der Waals surface area contributed by atoms with Crippen LogP contribution >= 0.6 is 0 Å². The maximum absolute atomic E-state index is 12.1. The lowest BCUT2D eigenvalue weighted by molar-refractivity contribution is 0.460. The molecule has 4 nitrogen and oxygen atoms in total. The molecule has 0 amide bonds. The second kappa shape index (κ2) is 5.99. The van der Waals surface area contributed by atoms with E-state index in [9.17, 15) is 4.55 Å². The molecule has 20 heavy (non-hydrogen) atoms. The fourth-order valence-electron chi connectivity index (χ4n) is 1.60. The molecule has 2 aromatic rings. The van der Waals surface area contributed by atoms with E-state index in [2.05, 4.69) is 9.71 Å². The Labute approximate surface area is 122 Å².